The van der Waals surface area contributed by atoms with E-state index in [9.17, 15) is 18.0 Å². The first kappa shape index (κ1) is 29.9. The van der Waals surface area contributed by atoms with E-state index in [1.165, 1.54) is 19.1 Å². The molecule has 0 amide bonds. The number of halogens is 3. The summed E-state index contributed by atoms with van der Waals surface area (Å²) in [5.74, 6) is 1.40. The smallest absolute Gasteiger partial charge is 0.393 e. The second-order valence-electron chi connectivity index (χ2n) is 10.4. The number of benzene rings is 2. The Hall–Kier alpha value is -3.61. The largest absolute Gasteiger partial charge is 0.484 e. The molecule has 7 heteroatoms. The molecule has 0 aliphatic rings. The van der Waals surface area contributed by atoms with Crippen LogP contribution in [0, 0.1) is 0 Å². The third-order valence-corrected chi connectivity index (χ3v) is 6.65. The fourth-order valence-electron chi connectivity index (χ4n) is 4.23. The normalized spacial score (nSPS) is 11.8. The van der Waals surface area contributed by atoms with Crippen LogP contribution in [0.5, 0.6) is 5.75 Å². The summed E-state index contributed by atoms with van der Waals surface area (Å²) < 4.78 is 44.4. The quantitative estimate of drug-likeness (QED) is 0.163. The van der Waals surface area contributed by atoms with Gasteiger partial charge >= 0.3 is 6.18 Å². The number of ether oxygens (including phenoxy) is 1. The van der Waals surface area contributed by atoms with E-state index in [2.05, 4.69) is 23.4 Å². The number of alkyl halides is 3. The lowest BCUT2D eigenvalue weighted by molar-refractivity contribution is -0.127. The Kier molecular flexibility index (Phi) is 9.95. The third kappa shape index (κ3) is 9.27. The van der Waals surface area contributed by atoms with E-state index in [-0.39, 0.29) is 11.3 Å². The van der Waals surface area contributed by atoms with Gasteiger partial charge in [0, 0.05) is 24.8 Å². The summed E-state index contributed by atoms with van der Waals surface area (Å²) in [6.07, 6.45) is -0.991. The maximum absolute atomic E-state index is 12.7. The van der Waals surface area contributed by atoms with Crippen molar-refractivity contribution in [3.63, 3.8) is 0 Å². The van der Waals surface area contributed by atoms with Crippen molar-refractivity contribution >= 4 is 11.6 Å². The first-order valence-electron chi connectivity index (χ1n) is 13.2. The van der Waals surface area contributed by atoms with Crippen LogP contribution in [0.3, 0.4) is 0 Å². The van der Waals surface area contributed by atoms with E-state index in [4.69, 9.17) is 4.74 Å². The van der Waals surface area contributed by atoms with Crippen molar-refractivity contribution in [2.24, 2.45) is 0 Å². The van der Waals surface area contributed by atoms with E-state index in [0.29, 0.717) is 30.9 Å². The number of ketones is 1. The first-order chi connectivity index (χ1) is 18.4. The molecule has 1 aromatic heterocycles. The van der Waals surface area contributed by atoms with Gasteiger partial charge in [-0.15, -0.1) is 0 Å². The summed E-state index contributed by atoms with van der Waals surface area (Å²) in [4.78, 5) is 18.2. The maximum atomic E-state index is 12.7. The van der Waals surface area contributed by atoms with Crippen LogP contribution in [0.25, 0.3) is 0 Å². The Labute approximate surface area is 229 Å². The van der Waals surface area contributed by atoms with Gasteiger partial charge in [-0.3, -0.25) is 4.79 Å². The van der Waals surface area contributed by atoms with Crippen LogP contribution >= 0.6 is 0 Å². The van der Waals surface area contributed by atoms with Crippen LogP contribution in [0.15, 0.2) is 79.0 Å². The highest BCUT2D eigenvalue weighted by Gasteiger charge is 2.27. The number of carbonyl (C=O) groups is 1. The third-order valence-electron chi connectivity index (χ3n) is 6.65. The topological polar surface area (TPSA) is 42.4 Å². The van der Waals surface area contributed by atoms with Gasteiger partial charge in [0.05, 0.1) is 6.42 Å². The molecule has 0 spiro atoms. The monoisotopic (exact) mass is 538 g/mol. The second kappa shape index (κ2) is 13.0. The minimum Gasteiger partial charge on any atom is -0.484 e. The number of nitrogens with zero attached hydrogens (tertiary/aromatic N) is 2. The molecule has 1 heterocycles. The van der Waals surface area contributed by atoms with E-state index in [1.54, 1.807) is 30.5 Å². The zero-order valence-electron chi connectivity index (χ0n) is 23.1. The number of hydrogen-bond acceptors (Lipinski definition) is 4. The molecule has 0 saturated carbocycles. The van der Waals surface area contributed by atoms with Crippen LogP contribution < -0.4 is 9.64 Å². The highest BCUT2D eigenvalue weighted by molar-refractivity contribution is 5.93. The molecule has 0 bridgehead atoms. The van der Waals surface area contributed by atoms with Gasteiger partial charge in [0.25, 0.3) is 0 Å². The molecule has 208 valence electrons. The molecule has 0 unspecified atom stereocenters. The summed E-state index contributed by atoms with van der Waals surface area (Å²) in [6.45, 7) is 12.9. The van der Waals surface area contributed by atoms with Gasteiger partial charge in [0.2, 0.25) is 0 Å². The van der Waals surface area contributed by atoms with Gasteiger partial charge in [-0.2, -0.15) is 13.2 Å². The average molecular weight is 539 g/mol. The van der Waals surface area contributed by atoms with Gasteiger partial charge in [-0.05, 0) is 80.1 Å². The first-order valence-corrected chi connectivity index (χ1v) is 13.2. The summed E-state index contributed by atoms with van der Waals surface area (Å²) in [6, 6.07) is 18.0. The van der Waals surface area contributed by atoms with E-state index in [1.807, 2.05) is 38.1 Å². The lowest BCUT2D eigenvalue weighted by Gasteiger charge is -2.29. The van der Waals surface area contributed by atoms with Crippen LogP contribution in [0.4, 0.5) is 19.0 Å². The molecule has 2 aromatic carbocycles. The predicted octanol–water partition coefficient (Wildman–Crippen LogP) is 8.15. The van der Waals surface area contributed by atoms with E-state index >= 15 is 0 Å². The van der Waals surface area contributed by atoms with Crippen molar-refractivity contribution in [3.05, 3.63) is 101 Å². The molecule has 3 rings (SSSR count). The molecule has 39 heavy (non-hydrogen) atoms. The number of anilines is 1. The van der Waals surface area contributed by atoms with Crippen LogP contribution in [-0.4, -0.2) is 29.1 Å². The van der Waals surface area contributed by atoms with Crippen molar-refractivity contribution in [1.29, 1.82) is 0 Å². The fourth-order valence-corrected chi connectivity index (χ4v) is 4.23. The Morgan fingerprint density at radius 3 is 2.10 bits per heavy atom. The molecular weight excluding hydrogens is 501 g/mol. The SMILES string of the molecule is C=C(CCC)C(C)(C)Oc1ccc(CCN(Cc2ccc(CC(F)(F)F)cc2)c2ccc(C(C)=O)cn2)cc1. The van der Waals surface area contributed by atoms with Crippen molar-refractivity contribution in [2.45, 2.75) is 71.7 Å². The number of aromatic nitrogens is 1. The van der Waals surface area contributed by atoms with Gasteiger partial charge in [0.1, 0.15) is 17.2 Å². The maximum Gasteiger partial charge on any atom is 0.393 e. The average Bonchev–Trinajstić information content (AvgIpc) is 2.87. The van der Waals surface area contributed by atoms with Crippen LogP contribution in [0.2, 0.25) is 0 Å². The number of rotatable bonds is 13. The van der Waals surface area contributed by atoms with Gasteiger partial charge in [-0.25, -0.2) is 4.98 Å². The Bertz CT molecular complexity index is 1230. The van der Waals surface area contributed by atoms with Crippen LogP contribution in [0.1, 0.15) is 67.6 Å². The van der Waals surface area contributed by atoms with E-state index in [0.717, 1.165) is 35.3 Å². The predicted molar refractivity (Wildman–Crippen MR) is 150 cm³/mol. The lowest BCUT2D eigenvalue weighted by atomic mass is 9.95. The van der Waals surface area contributed by atoms with Crippen molar-refractivity contribution in [2.75, 3.05) is 11.4 Å². The summed E-state index contributed by atoms with van der Waals surface area (Å²) >= 11 is 0. The standard InChI is InChI=1S/C32H37F3N2O2/c1-6-7-23(2)31(4,5)39-29-15-12-25(13-16-29)18-19-37(30-17-14-28(21-36-30)24(3)38)22-27-10-8-26(9-11-27)20-32(33,34)35/h8-17,21H,2,6-7,18-20,22H2,1,3-5H3. The molecule has 0 aliphatic heterocycles. The van der Waals surface area contributed by atoms with Crippen molar-refractivity contribution < 1.29 is 22.7 Å². The fraction of sp³-hybridized carbons (Fsp3) is 0.375. The molecule has 0 saturated heterocycles. The zero-order chi connectivity index (χ0) is 28.6. The van der Waals surface area contributed by atoms with Crippen molar-refractivity contribution in [1.82, 2.24) is 4.98 Å². The van der Waals surface area contributed by atoms with E-state index < -0.39 is 18.2 Å². The molecule has 0 aliphatic carbocycles. The molecule has 0 atom stereocenters. The second-order valence-corrected chi connectivity index (χ2v) is 10.4. The minimum absolute atomic E-state index is 0.0652. The zero-order valence-corrected chi connectivity index (χ0v) is 23.1. The summed E-state index contributed by atoms with van der Waals surface area (Å²) in [7, 11) is 0. The molecule has 3 aromatic rings. The highest BCUT2D eigenvalue weighted by atomic mass is 19.4. The van der Waals surface area contributed by atoms with Crippen molar-refractivity contribution in [3.8, 4) is 5.75 Å². The number of carbonyl (C=O) groups excluding carboxylic acids is 1. The minimum atomic E-state index is -4.24. The highest BCUT2D eigenvalue weighted by Crippen LogP contribution is 2.27. The number of pyridine rings is 1. The summed E-state index contributed by atoms with van der Waals surface area (Å²) in [5.41, 5.74) is 3.33. The molecule has 0 N–H and O–H groups in total. The van der Waals surface area contributed by atoms with Gasteiger partial charge < -0.3 is 9.64 Å². The Balaban J connectivity index is 1.72. The van der Waals surface area contributed by atoms with Gasteiger partial charge in [0.15, 0.2) is 5.78 Å². The van der Waals surface area contributed by atoms with Crippen LogP contribution in [-0.2, 0) is 19.4 Å². The van der Waals surface area contributed by atoms with Gasteiger partial charge in [-0.1, -0.05) is 56.3 Å². The molecule has 4 nitrogen and oxygen atoms in total. The Morgan fingerprint density at radius 2 is 1.56 bits per heavy atom. The number of hydrogen-bond donors (Lipinski definition) is 0. The molecular formula is C32H37F3N2O2. The number of Topliss-reactive ketones (excluding diaryl/α,β-unsaturated/α-hetero) is 1. The Morgan fingerprint density at radius 1 is 0.949 bits per heavy atom. The lowest BCUT2D eigenvalue weighted by Crippen LogP contribution is -2.30. The molecule has 0 fully saturated rings. The summed E-state index contributed by atoms with van der Waals surface area (Å²) in [5, 5.41) is 0. The molecule has 0 radical (unpaired) electrons.